The third-order valence-electron chi connectivity index (χ3n) is 2.88. The van der Waals surface area contributed by atoms with Gasteiger partial charge in [-0.15, -0.1) is 11.6 Å². The molecular formula is C15H19ClO. The average Bonchev–Trinajstić information content (AvgIpc) is 2.28. The summed E-state index contributed by atoms with van der Waals surface area (Å²) < 4.78 is 5.71. The Morgan fingerprint density at radius 1 is 1.35 bits per heavy atom. The zero-order valence-electron chi connectivity index (χ0n) is 10.4. The Balaban J connectivity index is 2.20. The van der Waals surface area contributed by atoms with Crippen LogP contribution in [0.5, 0.6) is 5.75 Å². The molecule has 0 bridgehead atoms. The van der Waals surface area contributed by atoms with E-state index in [1.165, 1.54) is 17.6 Å². The van der Waals surface area contributed by atoms with Crippen LogP contribution in [0.25, 0.3) is 5.57 Å². The van der Waals surface area contributed by atoms with Crippen molar-refractivity contribution in [2.75, 3.05) is 0 Å². The average molecular weight is 251 g/mol. The minimum absolute atomic E-state index is 0.188. The number of allylic oxidation sites excluding steroid dienone is 2. The van der Waals surface area contributed by atoms with Crippen LogP contribution in [0.15, 0.2) is 30.3 Å². The number of halogens is 1. The summed E-state index contributed by atoms with van der Waals surface area (Å²) in [6, 6.07) is 8.30. The predicted molar refractivity (Wildman–Crippen MR) is 73.7 cm³/mol. The van der Waals surface area contributed by atoms with E-state index in [0.717, 1.165) is 18.6 Å². The molecule has 1 atom stereocenters. The van der Waals surface area contributed by atoms with Gasteiger partial charge in [0.1, 0.15) is 5.75 Å². The van der Waals surface area contributed by atoms with Crippen molar-refractivity contribution in [3.05, 3.63) is 35.9 Å². The molecular weight excluding hydrogens is 232 g/mol. The van der Waals surface area contributed by atoms with Crippen molar-refractivity contribution in [1.82, 2.24) is 0 Å². The molecule has 92 valence electrons. The Kier molecular flexibility index (Phi) is 4.11. The molecule has 2 rings (SSSR count). The van der Waals surface area contributed by atoms with Crippen LogP contribution >= 0.6 is 11.6 Å². The summed E-state index contributed by atoms with van der Waals surface area (Å²) in [5.41, 5.74) is 2.60. The van der Waals surface area contributed by atoms with Gasteiger partial charge < -0.3 is 4.74 Å². The van der Waals surface area contributed by atoms with E-state index in [1.54, 1.807) is 0 Å². The molecule has 1 aliphatic rings. The van der Waals surface area contributed by atoms with Gasteiger partial charge in [0.15, 0.2) is 0 Å². The van der Waals surface area contributed by atoms with E-state index in [4.69, 9.17) is 16.3 Å². The van der Waals surface area contributed by atoms with Crippen LogP contribution in [0, 0.1) is 0 Å². The van der Waals surface area contributed by atoms with Crippen LogP contribution in [0.4, 0.5) is 0 Å². The van der Waals surface area contributed by atoms with Gasteiger partial charge >= 0.3 is 0 Å². The predicted octanol–water partition coefficient (Wildman–Crippen LogP) is 4.65. The maximum Gasteiger partial charge on any atom is 0.120 e. The van der Waals surface area contributed by atoms with Gasteiger partial charge in [0.05, 0.1) is 11.5 Å². The van der Waals surface area contributed by atoms with Gasteiger partial charge in [0, 0.05) is 0 Å². The van der Waals surface area contributed by atoms with Crippen LogP contribution in [0.3, 0.4) is 0 Å². The molecule has 1 aromatic carbocycles. The fraction of sp³-hybridized carbons (Fsp3) is 0.467. The molecule has 1 aliphatic carbocycles. The second-order valence-corrected chi connectivity index (χ2v) is 5.36. The second kappa shape index (κ2) is 5.59. The van der Waals surface area contributed by atoms with Gasteiger partial charge in [-0.25, -0.2) is 0 Å². The van der Waals surface area contributed by atoms with Crippen LogP contribution in [-0.4, -0.2) is 11.5 Å². The molecule has 1 unspecified atom stereocenters. The summed E-state index contributed by atoms with van der Waals surface area (Å²) in [4.78, 5) is 0. The standard InChI is InChI=1S/C15H19ClO/c1-11(2)17-15-8-4-6-13(10-15)12-5-3-7-14(16)9-12/h4,6,8-11,14H,3,5,7H2,1-2H3. The van der Waals surface area contributed by atoms with Crippen molar-refractivity contribution < 1.29 is 4.74 Å². The minimum Gasteiger partial charge on any atom is -0.491 e. The van der Waals surface area contributed by atoms with E-state index in [2.05, 4.69) is 18.2 Å². The zero-order valence-corrected chi connectivity index (χ0v) is 11.2. The van der Waals surface area contributed by atoms with Crippen LogP contribution in [0.1, 0.15) is 38.7 Å². The van der Waals surface area contributed by atoms with Gasteiger partial charge in [-0.1, -0.05) is 18.2 Å². The summed E-state index contributed by atoms with van der Waals surface area (Å²) in [6.45, 7) is 4.09. The monoisotopic (exact) mass is 250 g/mol. The Labute approximate surface area is 108 Å². The lowest BCUT2D eigenvalue weighted by atomic mass is 9.93. The molecule has 0 saturated carbocycles. The third kappa shape index (κ3) is 3.50. The highest BCUT2D eigenvalue weighted by molar-refractivity contribution is 6.22. The SMILES string of the molecule is CC(C)Oc1cccc(C2=CC(Cl)CCC2)c1. The fourth-order valence-electron chi connectivity index (χ4n) is 2.15. The first kappa shape index (κ1) is 12.5. The van der Waals surface area contributed by atoms with Crippen molar-refractivity contribution in [3.8, 4) is 5.75 Å². The smallest absolute Gasteiger partial charge is 0.120 e. The normalized spacial score (nSPS) is 20.2. The lowest BCUT2D eigenvalue weighted by molar-refractivity contribution is 0.242. The van der Waals surface area contributed by atoms with E-state index >= 15 is 0 Å². The summed E-state index contributed by atoms with van der Waals surface area (Å²) in [6.07, 6.45) is 5.78. The van der Waals surface area contributed by atoms with Gasteiger partial charge in [0.2, 0.25) is 0 Å². The quantitative estimate of drug-likeness (QED) is 0.710. The first-order valence-electron chi connectivity index (χ1n) is 6.27. The minimum atomic E-state index is 0.188. The molecule has 0 N–H and O–H groups in total. The molecule has 0 saturated heterocycles. The largest absolute Gasteiger partial charge is 0.491 e. The molecule has 0 fully saturated rings. The number of hydrogen-bond acceptors (Lipinski definition) is 1. The van der Waals surface area contributed by atoms with E-state index in [0.29, 0.717) is 0 Å². The molecule has 0 radical (unpaired) electrons. The molecule has 17 heavy (non-hydrogen) atoms. The second-order valence-electron chi connectivity index (χ2n) is 4.79. The van der Waals surface area contributed by atoms with Crippen molar-refractivity contribution >= 4 is 17.2 Å². The maximum absolute atomic E-state index is 6.18. The number of rotatable bonds is 3. The highest BCUT2D eigenvalue weighted by Gasteiger charge is 2.12. The van der Waals surface area contributed by atoms with Gasteiger partial charge in [-0.05, 0) is 56.4 Å². The molecule has 2 heteroatoms. The lowest BCUT2D eigenvalue weighted by Gasteiger charge is -2.18. The Bertz CT molecular complexity index is 409. The molecule has 0 spiro atoms. The summed E-state index contributed by atoms with van der Waals surface area (Å²) >= 11 is 6.18. The van der Waals surface area contributed by atoms with Crippen LogP contribution < -0.4 is 4.74 Å². The molecule has 1 aromatic rings. The first-order chi connectivity index (χ1) is 8.15. The van der Waals surface area contributed by atoms with Gasteiger partial charge in [0.25, 0.3) is 0 Å². The summed E-state index contributed by atoms with van der Waals surface area (Å²) in [5.74, 6) is 0.940. The van der Waals surface area contributed by atoms with Crippen molar-refractivity contribution in [2.24, 2.45) is 0 Å². The van der Waals surface area contributed by atoms with Crippen molar-refractivity contribution in [1.29, 1.82) is 0 Å². The summed E-state index contributed by atoms with van der Waals surface area (Å²) in [5, 5.41) is 0.188. The van der Waals surface area contributed by atoms with E-state index in [9.17, 15) is 0 Å². The van der Waals surface area contributed by atoms with Crippen molar-refractivity contribution in [2.45, 2.75) is 44.6 Å². The van der Waals surface area contributed by atoms with Crippen LogP contribution in [0.2, 0.25) is 0 Å². The Hall–Kier alpha value is -0.950. The Morgan fingerprint density at radius 2 is 2.18 bits per heavy atom. The maximum atomic E-state index is 6.18. The zero-order chi connectivity index (χ0) is 12.3. The lowest BCUT2D eigenvalue weighted by Crippen LogP contribution is -2.06. The molecule has 0 amide bonds. The van der Waals surface area contributed by atoms with E-state index < -0.39 is 0 Å². The molecule has 0 heterocycles. The third-order valence-corrected chi connectivity index (χ3v) is 3.23. The number of benzene rings is 1. The van der Waals surface area contributed by atoms with E-state index in [-0.39, 0.29) is 11.5 Å². The van der Waals surface area contributed by atoms with Crippen molar-refractivity contribution in [3.63, 3.8) is 0 Å². The summed E-state index contributed by atoms with van der Waals surface area (Å²) in [7, 11) is 0. The number of ether oxygens (including phenoxy) is 1. The fourth-order valence-corrected chi connectivity index (χ4v) is 2.46. The van der Waals surface area contributed by atoms with Gasteiger partial charge in [-0.3, -0.25) is 0 Å². The van der Waals surface area contributed by atoms with E-state index in [1.807, 2.05) is 26.0 Å². The topological polar surface area (TPSA) is 9.23 Å². The highest BCUT2D eigenvalue weighted by atomic mass is 35.5. The number of hydrogen-bond donors (Lipinski definition) is 0. The highest BCUT2D eigenvalue weighted by Crippen LogP contribution is 2.30. The molecule has 1 nitrogen and oxygen atoms in total. The van der Waals surface area contributed by atoms with Crippen LogP contribution in [-0.2, 0) is 0 Å². The number of alkyl halides is 1. The molecule has 0 aliphatic heterocycles. The van der Waals surface area contributed by atoms with Gasteiger partial charge in [-0.2, -0.15) is 0 Å². The molecule has 0 aromatic heterocycles. The first-order valence-corrected chi connectivity index (χ1v) is 6.70. The Morgan fingerprint density at radius 3 is 2.88 bits per heavy atom.